The summed E-state index contributed by atoms with van der Waals surface area (Å²) in [4.78, 5) is 11.6. The van der Waals surface area contributed by atoms with Crippen molar-refractivity contribution in [3.8, 4) is 0 Å². The van der Waals surface area contributed by atoms with Gasteiger partial charge in [0.05, 0.1) is 17.1 Å². The predicted octanol–water partition coefficient (Wildman–Crippen LogP) is 5.48. The largest absolute Gasteiger partial charge is 0.481 e. The van der Waals surface area contributed by atoms with Crippen LogP contribution >= 0.6 is 0 Å². The lowest BCUT2D eigenvalue weighted by molar-refractivity contribution is -0.136. The zero-order valence-electron chi connectivity index (χ0n) is 18.1. The van der Waals surface area contributed by atoms with Gasteiger partial charge in [-0.2, -0.15) is 0 Å². The summed E-state index contributed by atoms with van der Waals surface area (Å²) in [6.07, 6.45) is 0.307. The molecule has 0 atom stereocenters. The molecule has 0 amide bonds. The summed E-state index contributed by atoms with van der Waals surface area (Å²) >= 11 is 0. The van der Waals surface area contributed by atoms with E-state index < -0.39 is 15.8 Å². The molecule has 0 aromatic heterocycles. The molecule has 4 aromatic carbocycles. The maximum absolute atomic E-state index is 14.0. The Hall–Kier alpha value is -3.51. The summed E-state index contributed by atoms with van der Waals surface area (Å²) in [5.41, 5.74) is 3.90. The molecule has 4 aromatic rings. The Labute approximate surface area is 192 Å². The topological polar surface area (TPSA) is 71.4 Å². The van der Waals surface area contributed by atoms with Crippen LogP contribution in [0.3, 0.4) is 0 Å². The maximum atomic E-state index is 14.0. The zero-order valence-corrected chi connectivity index (χ0v) is 18.9. The Morgan fingerprint density at radius 3 is 2.27 bits per heavy atom. The molecule has 0 saturated carbocycles. The van der Waals surface area contributed by atoms with Crippen molar-refractivity contribution in [1.82, 2.24) is 0 Å². The van der Waals surface area contributed by atoms with Crippen molar-refractivity contribution in [2.45, 2.75) is 30.4 Å². The van der Waals surface area contributed by atoms with Gasteiger partial charge in [-0.15, -0.1) is 0 Å². The number of hydrogen-bond donors (Lipinski definition) is 1. The highest BCUT2D eigenvalue weighted by Gasteiger charge is 2.17. The Balaban J connectivity index is 1.68. The highest BCUT2D eigenvalue weighted by molar-refractivity contribution is 7.90. The first-order valence-corrected chi connectivity index (χ1v) is 12.2. The van der Waals surface area contributed by atoms with Crippen LogP contribution in [-0.2, 0) is 33.2 Å². The molecule has 0 unspecified atom stereocenters. The molecular formula is C27H23FO4S. The number of aliphatic carboxylic acids is 1. The molecular weight excluding hydrogens is 439 g/mol. The number of halogens is 1. The molecule has 0 aliphatic rings. The van der Waals surface area contributed by atoms with Gasteiger partial charge in [0.15, 0.2) is 9.84 Å². The van der Waals surface area contributed by atoms with Crippen LogP contribution < -0.4 is 0 Å². The minimum Gasteiger partial charge on any atom is -0.481 e. The van der Waals surface area contributed by atoms with E-state index in [0.717, 1.165) is 33.0 Å². The first-order valence-electron chi connectivity index (χ1n) is 10.5. The van der Waals surface area contributed by atoms with Gasteiger partial charge < -0.3 is 5.11 Å². The van der Waals surface area contributed by atoms with E-state index in [1.807, 2.05) is 25.1 Å². The molecule has 1 N–H and O–H groups in total. The van der Waals surface area contributed by atoms with Gasteiger partial charge >= 0.3 is 5.97 Å². The van der Waals surface area contributed by atoms with Crippen molar-refractivity contribution in [3.63, 3.8) is 0 Å². The van der Waals surface area contributed by atoms with Crippen LogP contribution in [0.25, 0.3) is 10.8 Å². The summed E-state index contributed by atoms with van der Waals surface area (Å²) in [7, 11) is -3.49. The highest BCUT2D eigenvalue weighted by Crippen LogP contribution is 2.29. The van der Waals surface area contributed by atoms with E-state index in [-0.39, 0.29) is 22.9 Å². The summed E-state index contributed by atoms with van der Waals surface area (Å²) in [5.74, 6) is -1.37. The van der Waals surface area contributed by atoms with E-state index in [1.165, 1.54) is 12.1 Å². The lowest BCUT2D eigenvalue weighted by Crippen LogP contribution is -2.06. The van der Waals surface area contributed by atoms with E-state index in [2.05, 4.69) is 0 Å². The molecule has 0 saturated heterocycles. The quantitative estimate of drug-likeness (QED) is 0.395. The van der Waals surface area contributed by atoms with Gasteiger partial charge in [-0.25, -0.2) is 12.8 Å². The van der Waals surface area contributed by atoms with Gasteiger partial charge in [0.1, 0.15) is 5.82 Å². The van der Waals surface area contributed by atoms with Crippen molar-refractivity contribution in [1.29, 1.82) is 0 Å². The van der Waals surface area contributed by atoms with Gasteiger partial charge in [-0.05, 0) is 76.2 Å². The summed E-state index contributed by atoms with van der Waals surface area (Å²) in [6.45, 7) is 1.84. The third-order valence-corrected chi connectivity index (χ3v) is 7.51. The Bertz CT molecular complexity index is 1430. The average molecular weight is 463 g/mol. The van der Waals surface area contributed by atoms with Crippen molar-refractivity contribution in [2.75, 3.05) is 0 Å². The molecule has 4 nitrogen and oxygen atoms in total. The van der Waals surface area contributed by atoms with Gasteiger partial charge in [-0.1, -0.05) is 54.6 Å². The molecule has 0 bridgehead atoms. The molecule has 4 rings (SSSR count). The second-order valence-electron chi connectivity index (χ2n) is 8.14. The fourth-order valence-electron chi connectivity index (χ4n) is 4.08. The maximum Gasteiger partial charge on any atom is 0.307 e. The van der Waals surface area contributed by atoms with E-state index in [4.69, 9.17) is 0 Å². The standard InChI is InChI=1S/C27H23FO4S/c1-18-22(15-27(29)30)14-21-9-10-23(28)16-26(21)25(18)13-19-7-11-24(12-8-19)33(31,32)17-20-5-3-2-4-6-20/h2-12,14,16H,13,15,17H2,1H3,(H,29,30). The zero-order chi connectivity index (χ0) is 23.6. The summed E-state index contributed by atoms with van der Waals surface area (Å²) in [5, 5.41) is 10.8. The van der Waals surface area contributed by atoms with Gasteiger partial charge in [0.2, 0.25) is 0 Å². The van der Waals surface area contributed by atoms with Crippen LogP contribution in [0, 0.1) is 12.7 Å². The highest BCUT2D eigenvalue weighted by atomic mass is 32.2. The number of hydrogen-bond acceptors (Lipinski definition) is 3. The molecule has 0 aliphatic heterocycles. The first kappa shape index (κ1) is 22.7. The van der Waals surface area contributed by atoms with E-state index >= 15 is 0 Å². The molecule has 33 heavy (non-hydrogen) atoms. The van der Waals surface area contributed by atoms with E-state index in [9.17, 15) is 22.7 Å². The number of carboxylic acid groups (broad SMARTS) is 1. The second kappa shape index (κ2) is 9.16. The number of fused-ring (bicyclic) bond motifs is 1. The van der Waals surface area contributed by atoms with Crippen LogP contribution in [-0.4, -0.2) is 19.5 Å². The van der Waals surface area contributed by atoms with Crippen molar-refractivity contribution in [3.05, 3.63) is 112 Å². The number of sulfone groups is 1. The predicted molar refractivity (Wildman–Crippen MR) is 127 cm³/mol. The molecule has 0 spiro atoms. The SMILES string of the molecule is Cc1c(CC(=O)O)cc2ccc(F)cc2c1Cc1ccc(S(=O)(=O)Cc2ccccc2)cc1. The smallest absolute Gasteiger partial charge is 0.307 e. The Morgan fingerprint density at radius 1 is 0.909 bits per heavy atom. The fraction of sp³-hybridized carbons (Fsp3) is 0.148. The minimum absolute atomic E-state index is 0.0759. The minimum atomic E-state index is -3.49. The average Bonchev–Trinajstić information content (AvgIpc) is 2.77. The number of benzene rings is 4. The molecule has 168 valence electrons. The van der Waals surface area contributed by atoms with Crippen molar-refractivity contribution < 1.29 is 22.7 Å². The lowest BCUT2D eigenvalue weighted by atomic mass is 9.90. The van der Waals surface area contributed by atoms with Crippen LogP contribution in [0.1, 0.15) is 27.8 Å². The fourth-order valence-corrected chi connectivity index (χ4v) is 5.43. The first-order chi connectivity index (χ1) is 15.7. The normalized spacial score (nSPS) is 11.6. The van der Waals surface area contributed by atoms with E-state index in [1.54, 1.807) is 48.5 Å². The Kier molecular flexibility index (Phi) is 6.29. The summed E-state index contributed by atoms with van der Waals surface area (Å²) < 4.78 is 39.6. The second-order valence-corrected chi connectivity index (χ2v) is 10.1. The third kappa shape index (κ3) is 5.12. The molecule has 0 radical (unpaired) electrons. The number of carboxylic acids is 1. The van der Waals surface area contributed by atoms with Crippen LogP contribution in [0.15, 0.2) is 83.8 Å². The monoisotopic (exact) mass is 462 g/mol. The van der Waals surface area contributed by atoms with Crippen LogP contribution in [0.2, 0.25) is 0 Å². The van der Waals surface area contributed by atoms with Crippen molar-refractivity contribution >= 4 is 26.6 Å². The van der Waals surface area contributed by atoms with Crippen molar-refractivity contribution in [2.24, 2.45) is 0 Å². The number of rotatable bonds is 7. The Morgan fingerprint density at radius 2 is 1.61 bits per heavy atom. The van der Waals surface area contributed by atoms with Gasteiger partial charge in [-0.3, -0.25) is 4.79 Å². The molecule has 0 fully saturated rings. The van der Waals surface area contributed by atoms with Crippen LogP contribution in [0.5, 0.6) is 0 Å². The van der Waals surface area contributed by atoms with Gasteiger partial charge in [0, 0.05) is 0 Å². The number of carbonyl (C=O) groups is 1. The lowest BCUT2D eigenvalue weighted by Gasteiger charge is -2.15. The molecule has 0 heterocycles. The van der Waals surface area contributed by atoms with Gasteiger partial charge in [0.25, 0.3) is 0 Å². The van der Waals surface area contributed by atoms with Crippen LogP contribution in [0.4, 0.5) is 4.39 Å². The third-order valence-electron chi connectivity index (χ3n) is 5.81. The van der Waals surface area contributed by atoms with E-state index in [0.29, 0.717) is 12.0 Å². The summed E-state index contributed by atoms with van der Waals surface area (Å²) in [6, 6.07) is 22.0. The molecule has 6 heteroatoms. The molecule has 0 aliphatic carbocycles.